The Balaban J connectivity index is 1.66. The summed E-state index contributed by atoms with van der Waals surface area (Å²) in [6.45, 7) is 0.592. The van der Waals surface area contributed by atoms with E-state index in [9.17, 15) is 4.79 Å². The first kappa shape index (κ1) is 17.1. The van der Waals surface area contributed by atoms with E-state index in [2.05, 4.69) is 20.1 Å². The highest BCUT2D eigenvalue weighted by molar-refractivity contribution is 5.96. The predicted molar refractivity (Wildman–Crippen MR) is 98.4 cm³/mol. The maximum atomic E-state index is 13.1. The van der Waals surface area contributed by atoms with Gasteiger partial charge in [0.25, 0.3) is 11.8 Å². The van der Waals surface area contributed by atoms with E-state index in [1.807, 2.05) is 30.3 Å². The van der Waals surface area contributed by atoms with Crippen molar-refractivity contribution in [3.05, 3.63) is 54.2 Å². The molecule has 0 spiro atoms. The Bertz CT molecular complexity index is 927. The molecule has 1 aromatic carbocycles. The molecule has 4 rings (SSSR count). The molecule has 8 nitrogen and oxygen atoms in total. The van der Waals surface area contributed by atoms with E-state index in [-0.39, 0.29) is 23.5 Å². The molecule has 0 aliphatic carbocycles. The fourth-order valence-corrected chi connectivity index (χ4v) is 3.34. The van der Waals surface area contributed by atoms with Crippen LogP contribution in [0.5, 0.6) is 0 Å². The van der Waals surface area contributed by atoms with E-state index in [0.29, 0.717) is 18.3 Å². The van der Waals surface area contributed by atoms with Gasteiger partial charge in [-0.25, -0.2) is 9.97 Å². The number of carbonyl (C=O) groups is 1. The largest absolute Gasteiger partial charge is 0.382 e. The number of aromatic nitrogens is 4. The van der Waals surface area contributed by atoms with Gasteiger partial charge in [-0.3, -0.25) is 4.79 Å². The molecule has 2 N–H and O–H groups in total. The molecule has 0 bridgehead atoms. The van der Waals surface area contributed by atoms with E-state index >= 15 is 0 Å². The lowest BCUT2D eigenvalue weighted by Crippen LogP contribution is -2.36. The molecule has 0 unspecified atom stereocenters. The summed E-state index contributed by atoms with van der Waals surface area (Å²) in [7, 11) is 0. The number of hydrogen-bond donors (Lipinski definition) is 1. The molecule has 138 valence electrons. The van der Waals surface area contributed by atoms with Gasteiger partial charge in [-0.15, -0.1) is 0 Å². The molecule has 3 aromatic rings. The van der Waals surface area contributed by atoms with Gasteiger partial charge in [0, 0.05) is 24.5 Å². The van der Waals surface area contributed by atoms with Gasteiger partial charge in [0.2, 0.25) is 0 Å². The molecule has 2 aromatic heterocycles. The predicted octanol–water partition coefficient (Wildman–Crippen LogP) is 2.87. The number of likely N-dealkylation sites (tertiary alicyclic amines) is 1. The van der Waals surface area contributed by atoms with Crippen LogP contribution in [0.15, 0.2) is 47.2 Å². The van der Waals surface area contributed by atoms with Crippen molar-refractivity contribution in [2.24, 2.45) is 0 Å². The third-order valence-corrected chi connectivity index (χ3v) is 4.70. The minimum Gasteiger partial charge on any atom is -0.382 e. The van der Waals surface area contributed by atoms with Gasteiger partial charge in [-0.1, -0.05) is 36.2 Å². The summed E-state index contributed by atoms with van der Waals surface area (Å²) in [6.07, 6.45) is 6.64. The number of nitrogens with zero attached hydrogens (tertiary/aromatic N) is 5. The Hall–Kier alpha value is -3.29. The zero-order chi connectivity index (χ0) is 18.6. The van der Waals surface area contributed by atoms with E-state index in [1.165, 1.54) is 12.4 Å². The average molecular weight is 364 g/mol. The van der Waals surface area contributed by atoms with Crippen LogP contribution in [-0.4, -0.2) is 37.5 Å². The van der Waals surface area contributed by atoms with Crippen LogP contribution in [0.25, 0.3) is 11.5 Å². The number of benzene rings is 1. The second-order valence-corrected chi connectivity index (χ2v) is 6.48. The van der Waals surface area contributed by atoms with Crippen LogP contribution >= 0.6 is 0 Å². The van der Waals surface area contributed by atoms with Crippen molar-refractivity contribution in [2.75, 3.05) is 12.3 Å². The van der Waals surface area contributed by atoms with Crippen LogP contribution < -0.4 is 5.73 Å². The van der Waals surface area contributed by atoms with Crippen LogP contribution in [0.4, 0.5) is 5.82 Å². The first-order chi connectivity index (χ1) is 13.2. The van der Waals surface area contributed by atoms with Crippen molar-refractivity contribution in [3.63, 3.8) is 0 Å². The van der Waals surface area contributed by atoms with E-state index < -0.39 is 0 Å². The van der Waals surface area contributed by atoms with E-state index in [4.69, 9.17) is 10.3 Å². The highest BCUT2D eigenvalue weighted by atomic mass is 16.5. The van der Waals surface area contributed by atoms with E-state index in [1.54, 1.807) is 4.90 Å². The molecule has 0 radical (unpaired) electrons. The summed E-state index contributed by atoms with van der Waals surface area (Å²) in [6, 6.07) is 9.30. The quantitative estimate of drug-likeness (QED) is 0.760. The van der Waals surface area contributed by atoms with Crippen LogP contribution in [0.2, 0.25) is 0 Å². The summed E-state index contributed by atoms with van der Waals surface area (Å²) in [5.74, 6) is 0.829. The first-order valence-corrected chi connectivity index (χ1v) is 9.00. The number of rotatable bonds is 3. The van der Waals surface area contributed by atoms with Crippen LogP contribution in [-0.2, 0) is 0 Å². The minimum atomic E-state index is -0.275. The Morgan fingerprint density at radius 2 is 1.93 bits per heavy atom. The van der Waals surface area contributed by atoms with Gasteiger partial charge in [-0.05, 0) is 25.0 Å². The Morgan fingerprint density at radius 3 is 2.74 bits per heavy atom. The maximum Gasteiger partial charge on any atom is 0.276 e. The average Bonchev–Trinajstić information content (AvgIpc) is 3.06. The fourth-order valence-electron chi connectivity index (χ4n) is 3.34. The molecule has 0 saturated carbocycles. The normalized spacial score (nSPS) is 17.5. The summed E-state index contributed by atoms with van der Waals surface area (Å²) in [5, 5.41) is 4.16. The van der Waals surface area contributed by atoms with Gasteiger partial charge in [-0.2, -0.15) is 4.98 Å². The number of carbonyl (C=O) groups excluding carboxylic acids is 1. The highest BCUT2D eigenvalue weighted by Gasteiger charge is 2.32. The van der Waals surface area contributed by atoms with Gasteiger partial charge in [0.15, 0.2) is 17.3 Å². The summed E-state index contributed by atoms with van der Waals surface area (Å²) in [4.78, 5) is 27.5. The molecule has 1 fully saturated rings. The second kappa shape index (κ2) is 7.53. The molecule has 27 heavy (non-hydrogen) atoms. The van der Waals surface area contributed by atoms with Crippen molar-refractivity contribution in [2.45, 2.75) is 31.7 Å². The molecule has 1 atom stereocenters. The monoisotopic (exact) mass is 364 g/mol. The molecular weight excluding hydrogens is 344 g/mol. The maximum absolute atomic E-state index is 13.1. The molecular formula is C19H20N6O2. The number of hydrogen-bond acceptors (Lipinski definition) is 7. The summed E-state index contributed by atoms with van der Waals surface area (Å²) >= 11 is 0. The lowest BCUT2D eigenvalue weighted by molar-refractivity contribution is 0.0665. The van der Waals surface area contributed by atoms with Gasteiger partial charge in [0.1, 0.15) is 0 Å². The zero-order valence-electron chi connectivity index (χ0n) is 14.8. The second-order valence-electron chi connectivity index (χ2n) is 6.48. The minimum absolute atomic E-state index is 0.128. The van der Waals surface area contributed by atoms with Crippen LogP contribution in [0, 0.1) is 0 Å². The summed E-state index contributed by atoms with van der Waals surface area (Å²) in [5.41, 5.74) is 6.87. The van der Waals surface area contributed by atoms with Gasteiger partial charge >= 0.3 is 0 Å². The lowest BCUT2D eigenvalue weighted by atomic mass is 10.1. The summed E-state index contributed by atoms with van der Waals surface area (Å²) < 4.78 is 5.45. The van der Waals surface area contributed by atoms with Crippen LogP contribution in [0.3, 0.4) is 0 Å². The van der Waals surface area contributed by atoms with Crippen molar-refractivity contribution in [1.29, 1.82) is 0 Å². The first-order valence-electron chi connectivity index (χ1n) is 9.00. The lowest BCUT2D eigenvalue weighted by Gasteiger charge is -2.27. The van der Waals surface area contributed by atoms with Crippen molar-refractivity contribution in [1.82, 2.24) is 25.0 Å². The topological polar surface area (TPSA) is 111 Å². The third-order valence-electron chi connectivity index (χ3n) is 4.70. The van der Waals surface area contributed by atoms with Gasteiger partial charge < -0.3 is 15.2 Å². The molecule has 8 heteroatoms. The molecule has 1 amide bonds. The molecule has 3 heterocycles. The van der Waals surface area contributed by atoms with Crippen LogP contribution in [0.1, 0.15) is 48.0 Å². The van der Waals surface area contributed by atoms with Crippen molar-refractivity contribution < 1.29 is 9.32 Å². The van der Waals surface area contributed by atoms with E-state index in [0.717, 1.165) is 31.2 Å². The molecule has 1 aliphatic rings. The van der Waals surface area contributed by atoms with Crippen molar-refractivity contribution in [3.8, 4) is 11.5 Å². The van der Waals surface area contributed by atoms with Crippen molar-refractivity contribution >= 4 is 11.7 Å². The highest BCUT2D eigenvalue weighted by Crippen LogP contribution is 2.31. The Labute approximate surface area is 156 Å². The number of amides is 1. The standard InChI is InChI=1S/C19H20N6O2/c20-16-15(21-10-11-22-16)19(26)25-12-6-2-5-9-14(25)17-23-18(27-24-17)13-7-3-1-4-8-13/h1,3-4,7-8,10-11,14H,2,5-6,9,12H2,(H2,20,22)/t14-/m0/s1. The smallest absolute Gasteiger partial charge is 0.276 e. The molecule has 1 saturated heterocycles. The van der Waals surface area contributed by atoms with Gasteiger partial charge in [0.05, 0.1) is 6.04 Å². The number of anilines is 1. The zero-order valence-corrected chi connectivity index (χ0v) is 14.8. The number of nitrogen functional groups attached to an aromatic ring is 1. The Morgan fingerprint density at radius 1 is 1.11 bits per heavy atom. The SMILES string of the molecule is Nc1nccnc1C(=O)N1CCCCC[C@H]1c1noc(-c2ccccc2)n1. The number of nitrogens with two attached hydrogens (primary N) is 1. The Kier molecular flexibility index (Phi) is 4.78. The fraction of sp³-hybridized carbons (Fsp3) is 0.316. The molecule has 1 aliphatic heterocycles. The third kappa shape index (κ3) is 3.51.